The van der Waals surface area contributed by atoms with E-state index in [1.165, 1.54) is 18.2 Å². The van der Waals surface area contributed by atoms with Crippen molar-refractivity contribution < 1.29 is 14.4 Å². The number of nitrogens with one attached hydrogen (secondary N) is 3. The third-order valence-corrected chi connectivity index (χ3v) is 2.66. The first-order valence-corrected chi connectivity index (χ1v) is 6.91. The highest BCUT2D eigenvalue weighted by molar-refractivity contribution is 6.31. The second kappa shape index (κ2) is 7.13. The van der Waals surface area contributed by atoms with Gasteiger partial charge in [-0.15, -0.1) is 0 Å². The molecule has 1 aromatic rings. The summed E-state index contributed by atoms with van der Waals surface area (Å²) in [4.78, 5) is 34.5. The van der Waals surface area contributed by atoms with E-state index < -0.39 is 23.4 Å². The van der Waals surface area contributed by atoms with E-state index in [0.29, 0.717) is 10.7 Å². The lowest BCUT2D eigenvalue weighted by Crippen LogP contribution is -2.49. The molecule has 22 heavy (non-hydrogen) atoms. The van der Waals surface area contributed by atoms with Gasteiger partial charge in [0.05, 0.1) is 12.1 Å². The SMILES string of the molecule is CC(C)(C)NC(=O)NC(=O)CNc1cc(Cl)ccc1C(N)=O. The second-order valence-corrected chi connectivity index (χ2v) is 6.10. The van der Waals surface area contributed by atoms with Crippen LogP contribution < -0.4 is 21.7 Å². The van der Waals surface area contributed by atoms with Crippen LogP contribution in [0.25, 0.3) is 0 Å². The first-order chi connectivity index (χ1) is 10.1. The molecule has 1 rings (SSSR count). The van der Waals surface area contributed by atoms with Crippen LogP contribution >= 0.6 is 11.6 Å². The van der Waals surface area contributed by atoms with Crippen LogP contribution in [0, 0.1) is 0 Å². The molecular formula is C14H19ClN4O3. The molecule has 4 amide bonds. The van der Waals surface area contributed by atoms with E-state index >= 15 is 0 Å². The molecule has 0 saturated heterocycles. The highest BCUT2D eigenvalue weighted by atomic mass is 35.5. The summed E-state index contributed by atoms with van der Waals surface area (Å²) in [5, 5.41) is 7.88. The summed E-state index contributed by atoms with van der Waals surface area (Å²) in [7, 11) is 0. The van der Waals surface area contributed by atoms with Crippen molar-refractivity contribution in [2.45, 2.75) is 26.3 Å². The summed E-state index contributed by atoms with van der Waals surface area (Å²) < 4.78 is 0. The monoisotopic (exact) mass is 326 g/mol. The molecule has 5 N–H and O–H groups in total. The van der Waals surface area contributed by atoms with Crippen molar-refractivity contribution in [1.82, 2.24) is 10.6 Å². The van der Waals surface area contributed by atoms with Gasteiger partial charge in [0.15, 0.2) is 0 Å². The number of carbonyl (C=O) groups excluding carboxylic acids is 3. The number of halogens is 1. The summed E-state index contributed by atoms with van der Waals surface area (Å²) in [6, 6.07) is 3.85. The number of amides is 4. The van der Waals surface area contributed by atoms with Crippen LogP contribution in [0.3, 0.4) is 0 Å². The zero-order valence-corrected chi connectivity index (χ0v) is 13.4. The van der Waals surface area contributed by atoms with Gasteiger partial charge in [0.1, 0.15) is 0 Å². The van der Waals surface area contributed by atoms with E-state index in [4.69, 9.17) is 17.3 Å². The fraction of sp³-hybridized carbons (Fsp3) is 0.357. The number of hydrogen-bond donors (Lipinski definition) is 4. The second-order valence-electron chi connectivity index (χ2n) is 5.66. The molecule has 8 heteroatoms. The molecule has 0 aliphatic rings. The van der Waals surface area contributed by atoms with E-state index in [-0.39, 0.29) is 12.1 Å². The summed E-state index contributed by atoms with van der Waals surface area (Å²) >= 11 is 5.84. The maximum Gasteiger partial charge on any atom is 0.321 e. The van der Waals surface area contributed by atoms with Crippen LogP contribution in [0.5, 0.6) is 0 Å². The Morgan fingerprint density at radius 1 is 1.23 bits per heavy atom. The van der Waals surface area contributed by atoms with Gasteiger partial charge in [-0.1, -0.05) is 11.6 Å². The van der Waals surface area contributed by atoms with Crippen molar-refractivity contribution >= 4 is 35.1 Å². The summed E-state index contributed by atoms with van der Waals surface area (Å²) in [6.45, 7) is 5.17. The fourth-order valence-electron chi connectivity index (χ4n) is 1.60. The minimum absolute atomic E-state index is 0.205. The molecule has 1 aromatic carbocycles. The first-order valence-electron chi connectivity index (χ1n) is 6.54. The Kier molecular flexibility index (Phi) is 5.76. The molecule has 0 unspecified atom stereocenters. The molecule has 7 nitrogen and oxygen atoms in total. The number of rotatable bonds is 4. The lowest BCUT2D eigenvalue weighted by atomic mass is 10.1. The van der Waals surface area contributed by atoms with Gasteiger partial charge in [0.2, 0.25) is 5.91 Å². The van der Waals surface area contributed by atoms with E-state index in [9.17, 15) is 14.4 Å². The molecule has 0 fully saturated rings. The van der Waals surface area contributed by atoms with Gasteiger partial charge in [-0.05, 0) is 39.0 Å². The van der Waals surface area contributed by atoms with Crippen LogP contribution in [0.1, 0.15) is 31.1 Å². The van der Waals surface area contributed by atoms with E-state index in [1.807, 2.05) is 0 Å². The maximum atomic E-state index is 11.7. The van der Waals surface area contributed by atoms with Crippen LogP contribution in [0.15, 0.2) is 18.2 Å². The summed E-state index contributed by atoms with van der Waals surface area (Å²) in [6.07, 6.45) is 0. The van der Waals surface area contributed by atoms with Crippen molar-refractivity contribution in [3.63, 3.8) is 0 Å². The zero-order valence-electron chi connectivity index (χ0n) is 12.6. The Hall–Kier alpha value is -2.28. The van der Waals surface area contributed by atoms with Gasteiger partial charge in [0.25, 0.3) is 5.91 Å². The van der Waals surface area contributed by atoms with Gasteiger partial charge in [-0.3, -0.25) is 14.9 Å². The largest absolute Gasteiger partial charge is 0.375 e. The van der Waals surface area contributed by atoms with Crippen molar-refractivity contribution in [2.24, 2.45) is 5.73 Å². The predicted octanol–water partition coefficient (Wildman–Crippen LogP) is 1.48. The van der Waals surface area contributed by atoms with Gasteiger partial charge >= 0.3 is 6.03 Å². The Bertz CT molecular complexity index is 596. The quantitative estimate of drug-likeness (QED) is 0.671. The smallest absolute Gasteiger partial charge is 0.321 e. The molecule has 0 aliphatic heterocycles. The number of nitrogens with two attached hydrogens (primary N) is 1. The molecule has 0 atom stereocenters. The third kappa shape index (κ3) is 6.01. The van der Waals surface area contributed by atoms with Crippen molar-refractivity contribution in [1.29, 1.82) is 0 Å². The average molecular weight is 327 g/mol. The molecule has 120 valence electrons. The molecule has 0 radical (unpaired) electrons. The Labute approximate surface area is 133 Å². The molecule has 0 aliphatic carbocycles. The maximum absolute atomic E-state index is 11.7. The van der Waals surface area contributed by atoms with E-state index in [2.05, 4.69) is 16.0 Å². The molecule has 0 spiro atoms. The Morgan fingerprint density at radius 2 is 1.86 bits per heavy atom. The minimum Gasteiger partial charge on any atom is -0.375 e. The Morgan fingerprint density at radius 3 is 2.41 bits per heavy atom. The zero-order chi connectivity index (χ0) is 16.9. The lowest BCUT2D eigenvalue weighted by molar-refractivity contribution is -0.118. The van der Waals surface area contributed by atoms with Crippen LogP contribution in [-0.4, -0.2) is 29.9 Å². The molecular weight excluding hydrogens is 308 g/mol. The number of hydrogen-bond acceptors (Lipinski definition) is 4. The van der Waals surface area contributed by atoms with Crippen molar-refractivity contribution in [2.75, 3.05) is 11.9 Å². The first kappa shape index (κ1) is 17.8. The highest BCUT2D eigenvalue weighted by Crippen LogP contribution is 2.20. The van der Waals surface area contributed by atoms with E-state index in [0.717, 1.165) is 0 Å². The predicted molar refractivity (Wildman–Crippen MR) is 84.9 cm³/mol. The fourth-order valence-corrected chi connectivity index (χ4v) is 1.77. The molecule has 0 saturated carbocycles. The molecule has 0 heterocycles. The van der Waals surface area contributed by atoms with Crippen LogP contribution in [-0.2, 0) is 4.79 Å². The molecule has 0 bridgehead atoms. The van der Waals surface area contributed by atoms with Crippen LogP contribution in [0.4, 0.5) is 10.5 Å². The lowest BCUT2D eigenvalue weighted by Gasteiger charge is -2.20. The molecule has 0 aromatic heterocycles. The average Bonchev–Trinajstić information content (AvgIpc) is 2.33. The minimum atomic E-state index is -0.648. The van der Waals surface area contributed by atoms with Gasteiger partial charge in [-0.25, -0.2) is 4.79 Å². The standard InChI is InChI=1S/C14H19ClN4O3/c1-14(2,3)19-13(22)18-11(20)7-17-10-6-8(15)4-5-9(10)12(16)21/h4-6,17H,7H2,1-3H3,(H2,16,21)(H2,18,19,20,22). The van der Waals surface area contributed by atoms with Gasteiger partial charge in [-0.2, -0.15) is 0 Å². The van der Waals surface area contributed by atoms with Gasteiger partial charge < -0.3 is 16.4 Å². The number of anilines is 1. The highest BCUT2D eigenvalue weighted by Gasteiger charge is 2.16. The van der Waals surface area contributed by atoms with Gasteiger partial charge in [0, 0.05) is 16.2 Å². The number of urea groups is 1. The van der Waals surface area contributed by atoms with E-state index in [1.54, 1.807) is 20.8 Å². The topological polar surface area (TPSA) is 113 Å². The van der Waals surface area contributed by atoms with Crippen molar-refractivity contribution in [3.8, 4) is 0 Å². The van der Waals surface area contributed by atoms with Crippen LogP contribution in [0.2, 0.25) is 5.02 Å². The Balaban J connectivity index is 2.63. The number of benzene rings is 1. The number of imide groups is 1. The normalized spacial score (nSPS) is 10.7. The third-order valence-electron chi connectivity index (χ3n) is 2.43. The summed E-state index contributed by atoms with van der Waals surface area (Å²) in [5.74, 6) is -1.21. The van der Waals surface area contributed by atoms with Crippen molar-refractivity contribution in [3.05, 3.63) is 28.8 Å². The number of carbonyl (C=O) groups is 3. The summed E-state index contributed by atoms with van der Waals surface area (Å²) in [5.41, 5.74) is 5.31. The number of primary amides is 1.